The predicted octanol–water partition coefficient (Wildman–Crippen LogP) is 1.94. The van der Waals surface area contributed by atoms with Crippen molar-refractivity contribution in [1.29, 1.82) is 5.26 Å². The zero-order chi connectivity index (χ0) is 9.19. The molecule has 0 amide bonds. The minimum Gasteiger partial charge on any atom is -0.395 e. The second-order valence-corrected chi connectivity index (χ2v) is 3.81. The van der Waals surface area contributed by atoms with Crippen LogP contribution in [-0.4, -0.2) is 11.7 Å². The molecule has 1 saturated carbocycles. The van der Waals surface area contributed by atoms with Gasteiger partial charge in [-0.05, 0) is 18.3 Å². The molecule has 0 spiro atoms. The van der Waals surface area contributed by atoms with Gasteiger partial charge in [0.05, 0.1) is 18.1 Å². The summed E-state index contributed by atoms with van der Waals surface area (Å²) < 4.78 is 0. The molecular weight excluding hydrogens is 150 g/mol. The summed E-state index contributed by atoms with van der Waals surface area (Å²) in [4.78, 5) is 0. The maximum absolute atomic E-state index is 9.04. The highest BCUT2D eigenvalue weighted by atomic mass is 16.3. The van der Waals surface area contributed by atoms with Gasteiger partial charge in [0.25, 0.3) is 0 Å². The maximum Gasteiger partial charge on any atom is 0.0838 e. The van der Waals surface area contributed by atoms with E-state index in [2.05, 4.69) is 19.9 Å². The highest BCUT2D eigenvalue weighted by Crippen LogP contribution is 2.57. The van der Waals surface area contributed by atoms with E-state index in [9.17, 15) is 0 Å². The second-order valence-electron chi connectivity index (χ2n) is 3.81. The van der Waals surface area contributed by atoms with Gasteiger partial charge in [0.15, 0.2) is 0 Å². The van der Waals surface area contributed by atoms with Gasteiger partial charge in [0, 0.05) is 0 Å². The summed E-state index contributed by atoms with van der Waals surface area (Å²) in [5.74, 6) is 1.10. The van der Waals surface area contributed by atoms with E-state index < -0.39 is 0 Å². The summed E-state index contributed by atoms with van der Waals surface area (Å²) in [7, 11) is 0. The van der Waals surface area contributed by atoms with Crippen molar-refractivity contribution in [2.75, 3.05) is 6.61 Å². The Morgan fingerprint density at radius 1 is 1.58 bits per heavy atom. The zero-order valence-corrected chi connectivity index (χ0v) is 7.88. The van der Waals surface area contributed by atoms with Crippen molar-refractivity contribution >= 4 is 0 Å². The van der Waals surface area contributed by atoms with Crippen LogP contribution >= 0.6 is 0 Å². The molecule has 1 N–H and O–H groups in total. The minimum atomic E-state index is -0.364. The molecule has 0 radical (unpaired) electrons. The summed E-state index contributed by atoms with van der Waals surface area (Å²) in [5, 5.41) is 17.9. The highest BCUT2D eigenvalue weighted by Gasteiger charge is 2.56. The van der Waals surface area contributed by atoms with Gasteiger partial charge < -0.3 is 5.11 Å². The van der Waals surface area contributed by atoms with Crippen molar-refractivity contribution in [2.24, 2.45) is 17.3 Å². The molecule has 0 aliphatic heterocycles. The first-order valence-corrected chi connectivity index (χ1v) is 4.76. The molecule has 0 aromatic heterocycles. The number of hydrogen-bond donors (Lipinski definition) is 1. The lowest BCUT2D eigenvalue weighted by atomic mass is 9.92. The van der Waals surface area contributed by atoms with Crippen molar-refractivity contribution in [3.63, 3.8) is 0 Å². The number of nitrogens with zero attached hydrogens (tertiary/aromatic N) is 1. The molecule has 68 valence electrons. The average Bonchev–Trinajstić information content (AvgIpc) is 2.83. The SMILES string of the molecule is CCC(CC)[C@H]1C[C@]1(C#N)CO. The molecule has 0 aromatic rings. The minimum absolute atomic E-state index is 0.0463. The molecule has 0 heterocycles. The van der Waals surface area contributed by atoms with Crippen molar-refractivity contribution in [1.82, 2.24) is 0 Å². The second kappa shape index (κ2) is 3.45. The smallest absolute Gasteiger partial charge is 0.0838 e. The van der Waals surface area contributed by atoms with E-state index in [1.54, 1.807) is 0 Å². The fraction of sp³-hybridized carbons (Fsp3) is 0.900. The van der Waals surface area contributed by atoms with Gasteiger partial charge in [-0.15, -0.1) is 0 Å². The monoisotopic (exact) mass is 167 g/mol. The van der Waals surface area contributed by atoms with Crippen LogP contribution in [0.15, 0.2) is 0 Å². The molecule has 2 nitrogen and oxygen atoms in total. The molecule has 1 aliphatic rings. The Morgan fingerprint density at radius 2 is 2.17 bits per heavy atom. The summed E-state index contributed by atoms with van der Waals surface area (Å²) in [6.45, 7) is 4.36. The van der Waals surface area contributed by atoms with E-state index in [4.69, 9.17) is 10.4 Å². The molecule has 0 bridgehead atoms. The largest absolute Gasteiger partial charge is 0.395 e. The van der Waals surface area contributed by atoms with Crippen molar-refractivity contribution in [3.8, 4) is 6.07 Å². The van der Waals surface area contributed by atoms with E-state index >= 15 is 0 Å². The number of hydrogen-bond acceptors (Lipinski definition) is 2. The van der Waals surface area contributed by atoms with Gasteiger partial charge in [0.2, 0.25) is 0 Å². The van der Waals surface area contributed by atoms with Gasteiger partial charge in [-0.3, -0.25) is 0 Å². The van der Waals surface area contributed by atoms with E-state index in [0.29, 0.717) is 11.8 Å². The first-order valence-electron chi connectivity index (χ1n) is 4.76. The van der Waals surface area contributed by atoms with Gasteiger partial charge in [-0.1, -0.05) is 26.7 Å². The lowest BCUT2D eigenvalue weighted by molar-refractivity contribution is 0.219. The Bertz CT molecular complexity index is 193. The van der Waals surface area contributed by atoms with Gasteiger partial charge >= 0.3 is 0 Å². The topological polar surface area (TPSA) is 44.0 Å². The number of nitriles is 1. The zero-order valence-electron chi connectivity index (χ0n) is 7.88. The maximum atomic E-state index is 9.04. The van der Waals surface area contributed by atoms with E-state index in [-0.39, 0.29) is 12.0 Å². The molecule has 12 heavy (non-hydrogen) atoms. The molecular formula is C10H17NO. The molecule has 0 aromatic carbocycles. The average molecular weight is 167 g/mol. The molecule has 0 saturated heterocycles. The van der Waals surface area contributed by atoms with Crippen LogP contribution in [-0.2, 0) is 0 Å². The van der Waals surface area contributed by atoms with Crippen molar-refractivity contribution in [2.45, 2.75) is 33.1 Å². The standard InChI is InChI=1S/C10H17NO/c1-3-8(4-2)9-5-10(9,6-11)7-12/h8-9,12H,3-5,7H2,1-2H3/t9-,10+/m1/s1. The van der Waals surface area contributed by atoms with E-state index in [1.165, 1.54) is 0 Å². The van der Waals surface area contributed by atoms with Crippen LogP contribution in [0.1, 0.15) is 33.1 Å². The van der Waals surface area contributed by atoms with Gasteiger partial charge in [0.1, 0.15) is 0 Å². The third-order valence-corrected chi connectivity index (χ3v) is 3.26. The van der Waals surface area contributed by atoms with Crippen molar-refractivity contribution < 1.29 is 5.11 Å². The third kappa shape index (κ3) is 1.34. The lowest BCUT2D eigenvalue weighted by Gasteiger charge is -2.13. The van der Waals surface area contributed by atoms with Gasteiger partial charge in [-0.25, -0.2) is 0 Å². The Morgan fingerprint density at radius 3 is 2.42 bits per heavy atom. The summed E-state index contributed by atoms with van der Waals surface area (Å²) >= 11 is 0. The fourth-order valence-corrected chi connectivity index (χ4v) is 2.15. The van der Waals surface area contributed by atoms with Crippen molar-refractivity contribution in [3.05, 3.63) is 0 Å². The highest BCUT2D eigenvalue weighted by molar-refractivity contribution is 5.17. The lowest BCUT2D eigenvalue weighted by Crippen LogP contribution is -2.12. The van der Waals surface area contributed by atoms with Crippen LogP contribution in [0.2, 0.25) is 0 Å². The van der Waals surface area contributed by atoms with E-state index in [0.717, 1.165) is 19.3 Å². The summed E-state index contributed by atoms with van der Waals surface area (Å²) in [5.41, 5.74) is -0.364. The Kier molecular flexibility index (Phi) is 2.74. The first kappa shape index (κ1) is 9.54. The number of aliphatic hydroxyl groups is 1. The fourth-order valence-electron chi connectivity index (χ4n) is 2.15. The normalized spacial score (nSPS) is 33.4. The molecule has 1 aliphatic carbocycles. The predicted molar refractivity (Wildman–Crippen MR) is 47.3 cm³/mol. The van der Waals surface area contributed by atoms with Crippen LogP contribution in [0.3, 0.4) is 0 Å². The van der Waals surface area contributed by atoms with Crippen LogP contribution in [0.25, 0.3) is 0 Å². The van der Waals surface area contributed by atoms with Crippen LogP contribution < -0.4 is 0 Å². The third-order valence-electron chi connectivity index (χ3n) is 3.26. The van der Waals surface area contributed by atoms with Crippen LogP contribution in [0, 0.1) is 28.6 Å². The molecule has 2 atom stereocenters. The van der Waals surface area contributed by atoms with Crippen LogP contribution in [0.4, 0.5) is 0 Å². The Balaban J connectivity index is 2.55. The summed E-state index contributed by atoms with van der Waals surface area (Å²) in [6, 6.07) is 2.25. The Hall–Kier alpha value is -0.550. The van der Waals surface area contributed by atoms with Crippen LogP contribution in [0.5, 0.6) is 0 Å². The first-order chi connectivity index (χ1) is 5.74. The molecule has 2 heteroatoms. The number of rotatable bonds is 4. The Labute approximate surface area is 74.2 Å². The summed E-state index contributed by atoms with van der Waals surface area (Å²) in [6.07, 6.45) is 3.17. The quantitative estimate of drug-likeness (QED) is 0.695. The molecule has 0 unspecified atom stereocenters. The molecule has 1 rings (SSSR count). The molecule has 1 fully saturated rings. The van der Waals surface area contributed by atoms with Gasteiger partial charge in [-0.2, -0.15) is 5.26 Å². The van der Waals surface area contributed by atoms with E-state index in [1.807, 2.05) is 0 Å². The number of aliphatic hydroxyl groups excluding tert-OH is 1.